The smallest absolute Gasteiger partial charge is 0.231 e. The summed E-state index contributed by atoms with van der Waals surface area (Å²) in [5.41, 5.74) is 11.7. The van der Waals surface area contributed by atoms with Gasteiger partial charge in [0.15, 0.2) is 0 Å². The van der Waals surface area contributed by atoms with Gasteiger partial charge in [-0.2, -0.15) is 0 Å². The largest absolute Gasteiger partial charge is 0.369 e. The number of carbonyl (C=O) groups excluding carboxylic acids is 1. The summed E-state index contributed by atoms with van der Waals surface area (Å²) in [5.74, 6) is -0.299. The van der Waals surface area contributed by atoms with Crippen LogP contribution >= 0.6 is 11.6 Å². The molecule has 3 aromatic rings. The summed E-state index contributed by atoms with van der Waals surface area (Å²) in [5, 5.41) is 1.93. The number of hydrogen-bond acceptors (Lipinski definition) is 4. The van der Waals surface area contributed by atoms with Crippen LogP contribution in [0.15, 0.2) is 48.5 Å². The molecule has 0 radical (unpaired) electrons. The number of nitrogens with zero attached hydrogens (tertiary/aromatic N) is 3. The Bertz CT molecular complexity index is 1130. The number of pyridine rings is 1. The number of para-hydroxylation sites is 1. The van der Waals surface area contributed by atoms with Crippen LogP contribution in [0.4, 0.5) is 5.69 Å². The highest BCUT2D eigenvalue weighted by Gasteiger charge is 2.32. The van der Waals surface area contributed by atoms with Crippen LogP contribution in [-0.2, 0) is 17.6 Å². The molecule has 2 aromatic carbocycles. The fraction of sp³-hybridized carbons (Fsp3) is 0.360. The Labute approximate surface area is 187 Å². The number of rotatable bonds is 4. The van der Waals surface area contributed by atoms with Gasteiger partial charge in [0.2, 0.25) is 5.91 Å². The molecule has 2 aliphatic rings. The van der Waals surface area contributed by atoms with Crippen molar-refractivity contribution in [1.29, 1.82) is 0 Å². The minimum Gasteiger partial charge on any atom is -0.369 e. The number of primary amides is 1. The second kappa shape index (κ2) is 8.48. The van der Waals surface area contributed by atoms with Crippen molar-refractivity contribution >= 4 is 34.1 Å². The Morgan fingerprint density at radius 3 is 2.77 bits per heavy atom. The summed E-state index contributed by atoms with van der Waals surface area (Å²) in [6, 6.07) is 16.5. The van der Waals surface area contributed by atoms with E-state index in [-0.39, 0.29) is 18.5 Å². The summed E-state index contributed by atoms with van der Waals surface area (Å²) in [4.78, 5) is 21.4. The summed E-state index contributed by atoms with van der Waals surface area (Å²) in [6.07, 6.45) is 4.53. The maximum Gasteiger partial charge on any atom is 0.231 e. The summed E-state index contributed by atoms with van der Waals surface area (Å²) in [7, 11) is 0. The third kappa shape index (κ3) is 4.00. The van der Waals surface area contributed by atoms with Gasteiger partial charge in [0, 0.05) is 35.7 Å². The molecule has 2 N–H and O–H groups in total. The number of benzene rings is 2. The van der Waals surface area contributed by atoms with Gasteiger partial charge in [-0.25, -0.2) is 0 Å². The number of halogens is 1. The molecule has 1 atom stereocenters. The van der Waals surface area contributed by atoms with Crippen molar-refractivity contribution < 1.29 is 4.79 Å². The molecule has 1 amide bonds. The van der Waals surface area contributed by atoms with Gasteiger partial charge >= 0.3 is 0 Å². The van der Waals surface area contributed by atoms with Gasteiger partial charge in [-0.1, -0.05) is 41.9 Å². The molecule has 160 valence electrons. The van der Waals surface area contributed by atoms with E-state index < -0.39 is 0 Å². The van der Waals surface area contributed by atoms with Gasteiger partial charge < -0.3 is 10.6 Å². The predicted octanol–water partition coefficient (Wildman–Crippen LogP) is 4.12. The van der Waals surface area contributed by atoms with E-state index in [1.54, 1.807) is 0 Å². The second-order valence-corrected chi connectivity index (χ2v) is 9.00. The Kier molecular flexibility index (Phi) is 5.55. The standard InChI is InChI=1S/C25H27ClN4O/c26-18-7-5-6-17(14-18)23-15-30(13-12-29(23)16-24(27)31)25-19-8-1-3-10-21(19)28-22-11-4-2-9-20(22)25/h1,3,5-8,10,14,23H,2,4,9,11-13,15-16H2,(H2,27,31). The third-order valence-corrected chi connectivity index (χ3v) is 6.77. The molecule has 1 aromatic heterocycles. The molecule has 1 fully saturated rings. The van der Waals surface area contributed by atoms with E-state index in [0.29, 0.717) is 5.02 Å². The summed E-state index contributed by atoms with van der Waals surface area (Å²) < 4.78 is 0. The SMILES string of the molecule is NC(=O)CN1CCN(c2c3c(nc4ccccc24)CCCC3)CC1c1cccc(Cl)c1. The quantitative estimate of drug-likeness (QED) is 0.671. The number of nitrogens with two attached hydrogens (primary N) is 1. The topological polar surface area (TPSA) is 62.5 Å². The summed E-state index contributed by atoms with van der Waals surface area (Å²) in [6.45, 7) is 2.66. The van der Waals surface area contributed by atoms with Crippen molar-refractivity contribution in [3.8, 4) is 0 Å². The van der Waals surface area contributed by atoms with Crippen molar-refractivity contribution in [3.63, 3.8) is 0 Å². The first kappa shape index (κ1) is 20.3. The highest BCUT2D eigenvalue weighted by molar-refractivity contribution is 6.30. The van der Waals surface area contributed by atoms with Gasteiger partial charge in [-0.15, -0.1) is 0 Å². The lowest BCUT2D eigenvalue weighted by molar-refractivity contribution is -0.119. The minimum atomic E-state index is -0.299. The van der Waals surface area contributed by atoms with Crippen LogP contribution in [0, 0.1) is 0 Å². The van der Waals surface area contributed by atoms with E-state index in [1.807, 2.05) is 18.2 Å². The van der Waals surface area contributed by atoms with Gasteiger partial charge in [-0.3, -0.25) is 14.7 Å². The van der Waals surface area contributed by atoms with Crippen LogP contribution in [0.5, 0.6) is 0 Å². The van der Waals surface area contributed by atoms with Crippen LogP contribution in [-0.4, -0.2) is 42.0 Å². The number of aryl methyl sites for hydroxylation is 1. The fourth-order valence-electron chi connectivity index (χ4n) is 5.15. The number of anilines is 1. The predicted molar refractivity (Wildman–Crippen MR) is 126 cm³/mol. The van der Waals surface area contributed by atoms with Crippen LogP contribution in [0.3, 0.4) is 0 Å². The zero-order chi connectivity index (χ0) is 21.4. The molecular weight excluding hydrogens is 408 g/mol. The van der Waals surface area contributed by atoms with Gasteiger partial charge in [0.05, 0.1) is 23.8 Å². The Hall–Kier alpha value is -2.63. The normalized spacial score (nSPS) is 19.4. The molecule has 0 bridgehead atoms. The van der Waals surface area contributed by atoms with Crippen molar-refractivity contribution in [1.82, 2.24) is 9.88 Å². The number of aromatic nitrogens is 1. The number of carbonyl (C=O) groups is 1. The van der Waals surface area contributed by atoms with Gasteiger partial charge in [-0.05, 0) is 55.0 Å². The van der Waals surface area contributed by atoms with Crippen molar-refractivity contribution in [2.45, 2.75) is 31.7 Å². The zero-order valence-electron chi connectivity index (χ0n) is 17.6. The van der Waals surface area contributed by atoms with Crippen LogP contribution < -0.4 is 10.6 Å². The number of piperazine rings is 1. The maximum absolute atomic E-state index is 11.8. The average molecular weight is 435 g/mol. The number of amides is 1. The fourth-order valence-corrected chi connectivity index (χ4v) is 5.35. The Balaban J connectivity index is 1.58. The van der Waals surface area contributed by atoms with E-state index in [1.165, 1.54) is 35.2 Å². The lowest BCUT2D eigenvalue weighted by Gasteiger charge is -2.43. The summed E-state index contributed by atoms with van der Waals surface area (Å²) >= 11 is 6.31. The molecule has 1 saturated heterocycles. The highest BCUT2D eigenvalue weighted by Crippen LogP contribution is 2.38. The van der Waals surface area contributed by atoms with E-state index in [9.17, 15) is 4.79 Å². The van der Waals surface area contributed by atoms with E-state index >= 15 is 0 Å². The van der Waals surface area contributed by atoms with Crippen LogP contribution in [0.25, 0.3) is 10.9 Å². The van der Waals surface area contributed by atoms with Gasteiger partial charge in [0.25, 0.3) is 0 Å². The lowest BCUT2D eigenvalue weighted by Crippen LogP contribution is -2.51. The van der Waals surface area contributed by atoms with Gasteiger partial charge in [0.1, 0.15) is 0 Å². The Morgan fingerprint density at radius 1 is 1.10 bits per heavy atom. The molecule has 31 heavy (non-hydrogen) atoms. The van der Waals surface area contributed by atoms with E-state index in [2.05, 4.69) is 40.1 Å². The average Bonchev–Trinajstić information content (AvgIpc) is 2.77. The minimum absolute atomic E-state index is 0.0473. The first-order chi connectivity index (χ1) is 15.1. The monoisotopic (exact) mass is 434 g/mol. The molecule has 5 rings (SSSR count). The molecule has 6 heteroatoms. The number of hydrogen-bond donors (Lipinski definition) is 1. The second-order valence-electron chi connectivity index (χ2n) is 8.56. The molecule has 1 unspecified atom stereocenters. The lowest BCUT2D eigenvalue weighted by atomic mass is 9.91. The maximum atomic E-state index is 11.8. The molecule has 5 nitrogen and oxygen atoms in total. The first-order valence-corrected chi connectivity index (χ1v) is 11.4. The van der Waals surface area contributed by atoms with Crippen LogP contribution in [0.2, 0.25) is 5.02 Å². The van der Waals surface area contributed by atoms with Crippen molar-refractivity contribution in [3.05, 3.63) is 70.4 Å². The zero-order valence-corrected chi connectivity index (χ0v) is 18.3. The molecule has 2 heterocycles. The van der Waals surface area contributed by atoms with E-state index in [0.717, 1.165) is 43.6 Å². The van der Waals surface area contributed by atoms with Crippen LogP contribution in [0.1, 0.15) is 35.7 Å². The molecule has 0 saturated carbocycles. The first-order valence-electron chi connectivity index (χ1n) is 11.0. The molecule has 0 spiro atoms. The van der Waals surface area contributed by atoms with Crippen molar-refractivity contribution in [2.75, 3.05) is 31.1 Å². The number of fused-ring (bicyclic) bond motifs is 2. The third-order valence-electron chi connectivity index (χ3n) is 6.54. The molecular formula is C25H27ClN4O. The Morgan fingerprint density at radius 2 is 1.94 bits per heavy atom. The molecule has 1 aliphatic carbocycles. The van der Waals surface area contributed by atoms with E-state index in [4.69, 9.17) is 22.3 Å². The highest BCUT2D eigenvalue weighted by atomic mass is 35.5. The molecule has 1 aliphatic heterocycles. The van der Waals surface area contributed by atoms with Crippen molar-refractivity contribution in [2.24, 2.45) is 5.73 Å².